The van der Waals surface area contributed by atoms with Gasteiger partial charge in [0, 0.05) is 10.2 Å². The van der Waals surface area contributed by atoms with Gasteiger partial charge in [-0.1, -0.05) is 34.1 Å². The molecule has 0 aliphatic rings. The van der Waals surface area contributed by atoms with E-state index in [1.807, 2.05) is 32.0 Å². The van der Waals surface area contributed by atoms with Crippen LogP contribution in [0.1, 0.15) is 18.1 Å². The van der Waals surface area contributed by atoms with Crippen molar-refractivity contribution in [3.05, 3.63) is 58.1 Å². The molecule has 0 saturated heterocycles. The lowest BCUT2D eigenvalue weighted by atomic mass is 10.1. The topological polar surface area (TPSA) is 66.5 Å². The van der Waals surface area contributed by atoms with Crippen molar-refractivity contribution in [1.29, 1.82) is 0 Å². The average molecular weight is 425 g/mol. The van der Waals surface area contributed by atoms with E-state index in [2.05, 4.69) is 21.2 Å². The van der Waals surface area contributed by atoms with Gasteiger partial charge >= 0.3 is 0 Å². The zero-order valence-electron chi connectivity index (χ0n) is 14.6. The van der Waals surface area contributed by atoms with Crippen LogP contribution in [0.25, 0.3) is 0 Å². The number of nitrogens with zero attached hydrogens (tertiary/aromatic N) is 1. The number of rotatable bonds is 5. The summed E-state index contributed by atoms with van der Waals surface area (Å²) in [6.45, 7) is 5.29. The average Bonchev–Trinajstić information content (AvgIpc) is 2.49. The van der Waals surface area contributed by atoms with E-state index in [9.17, 15) is 13.2 Å². The maximum absolute atomic E-state index is 12.6. The van der Waals surface area contributed by atoms with Crippen molar-refractivity contribution < 1.29 is 13.2 Å². The standard InChI is InChI=1S/C18H21BrN2O3S/c1-12-8-9-13(2)17(10-12)21(25(4,23)24)14(3)18(22)20-16-7-5-6-15(19)11-16/h5-11,14H,1-4H3,(H,20,22)/t14-/m0/s1. The minimum Gasteiger partial charge on any atom is -0.324 e. The molecule has 2 aromatic carbocycles. The Kier molecular flexibility index (Phi) is 5.90. The maximum atomic E-state index is 12.6. The highest BCUT2D eigenvalue weighted by atomic mass is 79.9. The molecule has 0 heterocycles. The van der Waals surface area contributed by atoms with Crippen LogP contribution in [0.15, 0.2) is 46.9 Å². The summed E-state index contributed by atoms with van der Waals surface area (Å²) < 4.78 is 26.8. The Hall–Kier alpha value is -1.86. The third-order valence-corrected chi connectivity index (χ3v) is 5.50. The molecule has 0 radical (unpaired) electrons. The number of benzene rings is 2. The van der Waals surface area contributed by atoms with E-state index < -0.39 is 22.0 Å². The lowest BCUT2D eigenvalue weighted by Gasteiger charge is -2.29. The molecule has 0 aromatic heterocycles. The second-order valence-electron chi connectivity index (χ2n) is 6.02. The summed E-state index contributed by atoms with van der Waals surface area (Å²) in [6, 6.07) is 11.8. The van der Waals surface area contributed by atoms with Gasteiger partial charge in [-0.25, -0.2) is 8.42 Å². The first-order valence-corrected chi connectivity index (χ1v) is 10.4. The summed E-state index contributed by atoms with van der Waals surface area (Å²) in [5, 5.41) is 2.76. The van der Waals surface area contributed by atoms with Crippen molar-refractivity contribution in [2.75, 3.05) is 15.9 Å². The SMILES string of the molecule is Cc1ccc(C)c(N([C@@H](C)C(=O)Nc2cccc(Br)c2)S(C)(=O)=O)c1. The Labute approximate surface area is 157 Å². The van der Waals surface area contributed by atoms with E-state index in [4.69, 9.17) is 0 Å². The molecular weight excluding hydrogens is 404 g/mol. The molecule has 0 fully saturated rings. The van der Waals surface area contributed by atoms with Crippen LogP contribution in [-0.4, -0.2) is 26.6 Å². The summed E-state index contributed by atoms with van der Waals surface area (Å²) in [4.78, 5) is 12.6. The van der Waals surface area contributed by atoms with E-state index in [1.54, 1.807) is 31.2 Å². The zero-order chi connectivity index (χ0) is 18.8. The smallest absolute Gasteiger partial charge is 0.247 e. The Bertz CT molecular complexity index is 897. The lowest BCUT2D eigenvalue weighted by Crippen LogP contribution is -2.45. The minimum atomic E-state index is -3.64. The van der Waals surface area contributed by atoms with Crippen LogP contribution in [0, 0.1) is 13.8 Å². The van der Waals surface area contributed by atoms with Crippen molar-refractivity contribution in [1.82, 2.24) is 0 Å². The van der Waals surface area contributed by atoms with E-state index in [0.29, 0.717) is 11.4 Å². The number of anilines is 2. The quantitative estimate of drug-likeness (QED) is 0.791. The highest BCUT2D eigenvalue weighted by Gasteiger charge is 2.30. The van der Waals surface area contributed by atoms with E-state index in [-0.39, 0.29) is 0 Å². The van der Waals surface area contributed by atoms with E-state index in [1.165, 1.54) is 4.31 Å². The minimum absolute atomic E-state index is 0.399. The second kappa shape index (κ2) is 7.58. The lowest BCUT2D eigenvalue weighted by molar-refractivity contribution is -0.116. The van der Waals surface area contributed by atoms with Gasteiger partial charge in [-0.15, -0.1) is 0 Å². The van der Waals surface area contributed by atoms with Crippen LogP contribution in [0.4, 0.5) is 11.4 Å². The van der Waals surface area contributed by atoms with Crippen LogP contribution in [0.3, 0.4) is 0 Å². The van der Waals surface area contributed by atoms with Gasteiger partial charge in [0.1, 0.15) is 6.04 Å². The van der Waals surface area contributed by atoms with E-state index in [0.717, 1.165) is 21.9 Å². The molecule has 0 spiro atoms. The van der Waals surface area contributed by atoms with Gasteiger partial charge < -0.3 is 5.32 Å². The Morgan fingerprint density at radius 3 is 2.44 bits per heavy atom. The molecule has 2 rings (SSSR count). The molecule has 0 saturated carbocycles. The Balaban J connectivity index is 2.38. The zero-order valence-corrected chi connectivity index (χ0v) is 17.0. The Morgan fingerprint density at radius 1 is 1.16 bits per heavy atom. The monoisotopic (exact) mass is 424 g/mol. The molecule has 0 aliphatic heterocycles. The van der Waals surface area contributed by atoms with Gasteiger partial charge in [0.2, 0.25) is 15.9 Å². The summed E-state index contributed by atoms with van der Waals surface area (Å²) >= 11 is 3.35. The summed E-state index contributed by atoms with van der Waals surface area (Å²) in [6.07, 6.45) is 1.11. The first-order chi connectivity index (χ1) is 11.6. The molecule has 1 N–H and O–H groups in total. The molecule has 2 aromatic rings. The number of hydrogen-bond donors (Lipinski definition) is 1. The van der Waals surface area contributed by atoms with Gasteiger partial charge in [-0.2, -0.15) is 0 Å². The first-order valence-electron chi connectivity index (χ1n) is 7.72. The molecular formula is C18H21BrN2O3S. The van der Waals surface area contributed by atoms with Crippen molar-refractivity contribution in [2.24, 2.45) is 0 Å². The third-order valence-electron chi connectivity index (χ3n) is 3.78. The number of aryl methyl sites for hydroxylation is 2. The van der Waals surface area contributed by atoms with Crippen molar-refractivity contribution in [3.63, 3.8) is 0 Å². The van der Waals surface area contributed by atoms with Crippen molar-refractivity contribution in [3.8, 4) is 0 Å². The molecule has 0 unspecified atom stereocenters. The molecule has 7 heteroatoms. The number of nitrogens with one attached hydrogen (secondary N) is 1. The number of carbonyl (C=O) groups is 1. The fourth-order valence-corrected chi connectivity index (χ4v) is 4.17. The van der Waals surface area contributed by atoms with Crippen LogP contribution < -0.4 is 9.62 Å². The number of hydrogen-bond acceptors (Lipinski definition) is 3. The molecule has 25 heavy (non-hydrogen) atoms. The summed E-state index contributed by atoms with van der Waals surface area (Å²) in [7, 11) is -3.64. The second-order valence-corrected chi connectivity index (χ2v) is 8.80. The van der Waals surface area contributed by atoms with Crippen LogP contribution in [-0.2, 0) is 14.8 Å². The number of carbonyl (C=O) groups excluding carboxylic acids is 1. The van der Waals surface area contributed by atoms with Gasteiger partial charge in [-0.05, 0) is 56.2 Å². The highest BCUT2D eigenvalue weighted by molar-refractivity contribution is 9.10. The van der Waals surface area contributed by atoms with Gasteiger partial charge in [0.15, 0.2) is 0 Å². The fourth-order valence-electron chi connectivity index (χ4n) is 2.55. The van der Waals surface area contributed by atoms with Crippen LogP contribution >= 0.6 is 15.9 Å². The van der Waals surface area contributed by atoms with Crippen molar-refractivity contribution in [2.45, 2.75) is 26.8 Å². The number of sulfonamides is 1. The maximum Gasteiger partial charge on any atom is 0.247 e. The molecule has 0 bridgehead atoms. The van der Waals surface area contributed by atoms with Gasteiger partial charge in [0.05, 0.1) is 11.9 Å². The van der Waals surface area contributed by atoms with Gasteiger partial charge in [-0.3, -0.25) is 9.10 Å². The van der Waals surface area contributed by atoms with Gasteiger partial charge in [0.25, 0.3) is 0 Å². The predicted octanol–water partition coefficient (Wildman–Crippen LogP) is 3.86. The molecule has 134 valence electrons. The normalized spacial score (nSPS) is 12.5. The highest BCUT2D eigenvalue weighted by Crippen LogP contribution is 2.27. The molecule has 1 atom stereocenters. The fraction of sp³-hybridized carbons (Fsp3) is 0.278. The summed E-state index contributed by atoms with van der Waals surface area (Å²) in [5.41, 5.74) is 2.83. The van der Waals surface area contributed by atoms with E-state index >= 15 is 0 Å². The van der Waals surface area contributed by atoms with Crippen molar-refractivity contribution >= 4 is 43.2 Å². The molecule has 1 amide bonds. The first kappa shape index (κ1) is 19.5. The van der Waals surface area contributed by atoms with Crippen LogP contribution in [0.5, 0.6) is 0 Å². The van der Waals surface area contributed by atoms with Crippen LogP contribution in [0.2, 0.25) is 0 Å². The molecule has 5 nitrogen and oxygen atoms in total. The number of amides is 1. The number of halogens is 1. The predicted molar refractivity (Wildman–Crippen MR) is 105 cm³/mol. The summed E-state index contributed by atoms with van der Waals surface area (Å²) in [5.74, 6) is -0.399. The third kappa shape index (κ3) is 4.83. The largest absolute Gasteiger partial charge is 0.324 e. The Morgan fingerprint density at radius 2 is 1.84 bits per heavy atom. The molecule has 0 aliphatic carbocycles.